The fourth-order valence-electron chi connectivity index (χ4n) is 1.67. The van der Waals surface area contributed by atoms with Gasteiger partial charge in [-0.15, -0.1) is 0 Å². The molecule has 0 spiro atoms. The summed E-state index contributed by atoms with van der Waals surface area (Å²) in [7, 11) is 0. The van der Waals surface area contributed by atoms with Crippen molar-refractivity contribution in [2.45, 2.75) is 19.9 Å². The van der Waals surface area contributed by atoms with Gasteiger partial charge in [0.05, 0.1) is 5.02 Å². The van der Waals surface area contributed by atoms with Crippen LogP contribution in [0.1, 0.15) is 18.9 Å². The van der Waals surface area contributed by atoms with Crippen molar-refractivity contribution >= 4 is 11.6 Å². The van der Waals surface area contributed by atoms with Gasteiger partial charge in [-0.2, -0.15) is 0 Å². The molecule has 2 aromatic rings. The zero-order valence-corrected chi connectivity index (χ0v) is 12.0. The molecule has 0 amide bonds. The first-order valence-electron chi connectivity index (χ1n) is 6.47. The normalized spacial score (nSPS) is 10.6. The Bertz CT molecular complexity index is 560. The molecule has 3 nitrogen and oxygen atoms in total. The zero-order valence-electron chi connectivity index (χ0n) is 11.2. The van der Waals surface area contributed by atoms with Crippen LogP contribution in [0.3, 0.4) is 0 Å². The summed E-state index contributed by atoms with van der Waals surface area (Å²) in [6.45, 7) is 3.69. The van der Waals surface area contributed by atoms with Crippen molar-refractivity contribution in [3.63, 3.8) is 0 Å². The lowest BCUT2D eigenvalue weighted by molar-refractivity contribution is 0.460. The summed E-state index contributed by atoms with van der Waals surface area (Å²) in [5.41, 5.74) is 0.923. The predicted octanol–water partition coefficient (Wildman–Crippen LogP) is 4.17. The fraction of sp³-hybridized carbons (Fsp3) is 0.267. The van der Waals surface area contributed by atoms with Crippen LogP contribution in [-0.2, 0) is 6.54 Å². The van der Waals surface area contributed by atoms with Crippen LogP contribution in [0.5, 0.6) is 11.6 Å². The standard InChI is InChI=1S/C15H16ClFN2O/c1-2-7-18-9-11-8-15(19-10-14(11)16)20-13-5-3-12(17)4-6-13/h3-6,8,10,18H,2,7,9H2,1H3. The molecule has 0 saturated carbocycles. The average molecular weight is 295 g/mol. The van der Waals surface area contributed by atoms with E-state index in [2.05, 4.69) is 17.2 Å². The number of benzene rings is 1. The number of ether oxygens (including phenoxy) is 1. The van der Waals surface area contributed by atoms with Gasteiger partial charge in [-0.25, -0.2) is 9.37 Å². The van der Waals surface area contributed by atoms with E-state index >= 15 is 0 Å². The van der Waals surface area contributed by atoms with E-state index in [1.807, 2.05) is 0 Å². The molecule has 2 rings (SSSR count). The quantitative estimate of drug-likeness (QED) is 0.812. The topological polar surface area (TPSA) is 34.1 Å². The molecule has 0 aliphatic rings. The van der Waals surface area contributed by atoms with Gasteiger partial charge >= 0.3 is 0 Å². The summed E-state index contributed by atoms with van der Waals surface area (Å²) < 4.78 is 18.4. The maximum absolute atomic E-state index is 12.8. The zero-order chi connectivity index (χ0) is 14.4. The first kappa shape index (κ1) is 14.8. The number of pyridine rings is 1. The first-order chi connectivity index (χ1) is 9.69. The summed E-state index contributed by atoms with van der Waals surface area (Å²) in [6, 6.07) is 7.58. The molecule has 1 aromatic heterocycles. The molecule has 5 heteroatoms. The van der Waals surface area contributed by atoms with Crippen LogP contribution in [-0.4, -0.2) is 11.5 Å². The Morgan fingerprint density at radius 2 is 2.05 bits per heavy atom. The molecule has 1 aromatic carbocycles. The average Bonchev–Trinajstić information content (AvgIpc) is 2.45. The van der Waals surface area contributed by atoms with E-state index in [1.165, 1.54) is 12.1 Å². The van der Waals surface area contributed by atoms with Crippen LogP contribution in [0, 0.1) is 5.82 Å². The number of rotatable bonds is 6. The van der Waals surface area contributed by atoms with Crippen LogP contribution >= 0.6 is 11.6 Å². The molecule has 0 aliphatic heterocycles. The van der Waals surface area contributed by atoms with Crippen LogP contribution in [0.25, 0.3) is 0 Å². The molecule has 0 aliphatic carbocycles. The Labute approximate surface area is 122 Å². The molecule has 0 atom stereocenters. The van der Waals surface area contributed by atoms with Crippen molar-refractivity contribution in [2.24, 2.45) is 0 Å². The van der Waals surface area contributed by atoms with Gasteiger partial charge in [0, 0.05) is 18.8 Å². The van der Waals surface area contributed by atoms with E-state index in [9.17, 15) is 4.39 Å². The molecular weight excluding hydrogens is 279 g/mol. The van der Waals surface area contributed by atoms with Gasteiger partial charge in [0.1, 0.15) is 11.6 Å². The van der Waals surface area contributed by atoms with Gasteiger partial charge in [-0.1, -0.05) is 18.5 Å². The number of nitrogens with zero attached hydrogens (tertiary/aromatic N) is 1. The molecule has 1 heterocycles. The number of hydrogen-bond donors (Lipinski definition) is 1. The van der Waals surface area contributed by atoms with E-state index in [-0.39, 0.29) is 5.82 Å². The van der Waals surface area contributed by atoms with E-state index in [0.717, 1.165) is 18.5 Å². The Hall–Kier alpha value is -1.65. The number of hydrogen-bond acceptors (Lipinski definition) is 3. The fourth-order valence-corrected chi connectivity index (χ4v) is 1.84. The van der Waals surface area contributed by atoms with E-state index < -0.39 is 0 Å². The molecule has 1 N–H and O–H groups in total. The van der Waals surface area contributed by atoms with Gasteiger partial charge < -0.3 is 10.1 Å². The van der Waals surface area contributed by atoms with Gasteiger partial charge in [-0.05, 0) is 42.8 Å². The third kappa shape index (κ3) is 4.18. The summed E-state index contributed by atoms with van der Waals surface area (Å²) in [5.74, 6) is 0.675. The van der Waals surface area contributed by atoms with Crippen LogP contribution in [0.4, 0.5) is 4.39 Å². The van der Waals surface area contributed by atoms with E-state index in [1.54, 1.807) is 24.4 Å². The first-order valence-corrected chi connectivity index (χ1v) is 6.85. The third-order valence-corrected chi connectivity index (χ3v) is 3.03. The molecule has 0 unspecified atom stereocenters. The maximum atomic E-state index is 12.8. The molecule has 20 heavy (non-hydrogen) atoms. The molecule has 0 radical (unpaired) electrons. The maximum Gasteiger partial charge on any atom is 0.219 e. The highest BCUT2D eigenvalue weighted by molar-refractivity contribution is 6.31. The lowest BCUT2D eigenvalue weighted by Gasteiger charge is -2.09. The summed E-state index contributed by atoms with van der Waals surface area (Å²) >= 11 is 6.09. The SMILES string of the molecule is CCCNCc1cc(Oc2ccc(F)cc2)ncc1Cl. The van der Waals surface area contributed by atoms with Crippen molar-refractivity contribution in [1.82, 2.24) is 10.3 Å². The van der Waals surface area contributed by atoms with Crippen molar-refractivity contribution < 1.29 is 9.13 Å². The van der Waals surface area contributed by atoms with Crippen molar-refractivity contribution in [2.75, 3.05) is 6.54 Å². The highest BCUT2D eigenvalue weighted by Gasteiger charge is 2.05. The Morgan fingerprint density at radius 3 is 2.75 bits per heavy atom. The van der Waals surface area contributed by atoms with Gasteiger partial charge in [0.15, 0.2) is 0 Å². The number of halogens is 2. The second-order valence-electron chi connectivity index (χ2n) is 4.35. The number of nitrogens with one attached hydrogen (secondary N) is 1. The molecule has 106 valence electrons. The van der Waals surface area contributed by atoms with E-state index in [4.69, 9.17) is 16.3 Å². The highest BCUT2D eigenvalue weighted by atomic mass is 35.5. The Balaban J connectivity index is 2.08. The van der Waals surface area contributed by atoms with Crippen LogP contribution in [0.15, 0.2) is 36.5 Å². The molecule has 0 bridgehead atoms. The molecule has 0 saturated heterocycles. The van der Waals surface area contributed by atoms with Crippen LogP contribution < -0.4 is 10.1 Å². The third-order valence-electron chi connectivity index (χ3n) is 2.69. The largest absolute Gasteiger partial charge is 0.439 e. The second kappa shape index (κ2) is 7.22. The van der Waals surface area contributed by atoms with Crippen molar-refractivity contribution in [1.29, 1.82) is 0 Å². The van der Waals surface area contributed by atoms with Gasteiger partial charge in [0.25, 0.3) is 0 Å². The molecular formula is C15H16ClFN2O. The smallest absolute Gasteiger partial charge is 0.219 e. The second-order valence-corrected chi connectivity index (χ2v) is 4.75. The minimum Gasteiger partial charge on any atom is -0.439 e. The lowest BCUT2D eigenvalue weighted by atomic mass is 10.2. The summed E-state index contributed by atoms with van der Waals surface area (Å²) in [6.07, 6.45) is 2.62. The minimum atomic E-state index is -0.300. The van der Waals surface area contributed by atoms with Gasteiger partial charge in [0.2, 0.25) is 5.88 Å². The van der Waals surface area contributed by atoms with Gasteiger partial charge in [-0.3, -0.25) is 0 Å². The number of aromatic nitrogens is 1. The lowest BCUT2D eigenvalue weighted by Crippen LogP contribution is -2.14. The predicted molar refractivity (Wildman–Crippen MR) is 77.7 cm³/mol. The van der Waals surface area contributed by atoms with Crippen molar-refractivity contribution in [3.05, 3.63) is 52.9 Å². The van der Waals surface area contributed by atoms with Crippen LogP contribution in [0.2, 0.25) is 5.02 Å². The Kier molecular flexibility index (Phi) is 5.32. The summed E-state index contributed by atoms with van der Waals surface area (Å²) in [4.78, 5) is 4.11. The van der Waals surface area contributed by atoms with E-state index in [0.29, 0.717) is 23.2 Å². The van der Waals surface area contributed by atoms with Crippen molar-refractivity contribution in [3.8, 4) is 11.6 Å². The summed E-state index contributed by atoms with van der Waals surface area (Å²) in [5, 5.41) is 3.87. The monoisotopic (exact) mass is 294 g/mol. The minimum absolute atomic E-state index is 0.300. The molecule has 0 fully saturated rings. The Morgan fingerprint density at radius 1 is 1.30 bits per heavy atom. The highest BCUT2D eigenvalue weighted by Crippen LogP contribution is 2.24.